The minimum Gasteiger partial charge on any atom is -0.508 e. The number of halogens is 5. The molecule has 2 aromatic rings. The Morgan fingerprint density at radius 2 is 1.49 bits per heavy atom. The second-order valence-corrected chi connectivity index (χ2v) is 13.8. The van der Waals surface area contributed by atoms with E-state index in [4.69, 9.17) is 0 Å². The van der Waals surface area contributed by atoms with Crippen LogP contribution in [-0.4, -0.2) is 67.3 Å². The first kappa shape index (κ1) is 34.8. The third-order valence-electron chi connectivity index (χ3n) is 7.92. The highest BCUT2D eigenvalue weighted by molar-refractivity contribution is 7.91. The van der Waals surface area contributed by atoms with Gasteiger partial charge in [0, 0.05) is 6.42 Å². The molecule has 11 heteroatoms. The number of aromatic hydroxyl groups is 2. The van der Waals surface area contributed by atoms with Crippen LogP contribution in [0.4, 0.5) is 22.0 Å². The molecule has 0 unspecified atom stereocenters. The molecule has 0 aromatic heterocycles. The number of unbranched alkanes of at least 4 members (excludes halogenated alkanes) is 3. The van der Waals surface area contributed by atoms with Crippen molar-refractivity contribution < 1.29 is 40.6 Å². The summed E-state index contributed by atoms with van der Waals surface area (Å²) in [5.74, 6) is -5.30. The highest BCUT2D eigenvalue weighted by atomic mass is 32.2. The molecule has 3 rings (SSSR count). The fourth-order valence-electron chi connectivity index (χ4n) is 5.58. The van der Waals surface area contributed by atoms with Crippen molar-refractivity contribution >= 4 is 21.0 Å². The number of allylic oxidation sites excluding steroid dienone is 2. The predicted molar refractivity (Wildman–Crippen MR) is 160 cm³/mol. The molecule has 43 heavy (non-hydrogen) atoms. The van der Waals surface area contributed by atoms with E-state index < -0.39 is 40.5 Å². The van der Waals surface area contributed by atoms with Gasteiger partial charge in [-0.05, 0) is 130 Å². The molecule has 0 fully saturated rings. The van der Waals surface area contributed by atoms with Crippen LogP contribution in [0.2, 0.25) is 0 Å². The smallest absolute Gasteiger partial charge is 0.453 e. The van der Waals surface area contributed by atoms with Gasteiger partial charge in [-0.25, -0.2) is 8.42 Å². The van der Waals surface area contributed by atoms with Gasteiger partial charge in [0.15, 0.2) is 0 Å². The number of fused-ring (bicyclic) bond motifs is 1. The summed E-state index contributed by atoms with van der Waals surface area (Å²) in [5, 5.41) is 20.1. The van der Waals surface area contributed by atoms with Gasteiger partial charge in [-0.3, -0.25) is 0 Å². The summed E-state index contributed by atoms with van der Waals surface area (Å²) in [5.41, 5.74) is 5.76. The molecule has 240 valence electrons. The first-order valence-corrected chi connectivity index (χ1v) is 16.7. The van der Waals surface area contributed by atoms with Crippen molar-refractivity contribution in [1.29, 1.82) is 0 Å². The molecule has 0 atom stereocenters. The Kier molecular flexibility index (Phi) is 12.4. The van der Waals surface area contributed by atoms with Crippen molar-refractivity contribution in [2.45, 2.75) is 82.7 Å². The second-order valence-electron chi connectivity index (χ2n) is 11.5. The van der Waals surface area contributed by atoms with Gasteiger partial charge in [-0.1, -0.05) is 24.6 Å². The molecule has 0 heterocycles. The highest BCUT2D eigenvalue weighted by Crippen LogP contribution is 2.41. The van der Waals surface area contributed by atoms with Crippen LogP contribution >= 0.6 is 0 Å². The predicted octanol–water partition coefficient (Wildman–Crippen LogP) is 8.01. The minimum atomic E-state index is -5.67. The van der Waals surface area contributed by atoms with E-state index in [0.29, 0.717) is 19.4 Å². The first-order chi connectivity index (χ1) is 20.2. The Morgan fingerprint density at radius 1 is 0.814 bits per heavy atom. The summed E-state index contributed by atoms with van der Waals surface area (Å²) in [6, 6.07) is 12.9. The third-order valence-corrected chi connectivity index (χ3v) is 9.74. The lowest BCUT2D eigenvalue weighted by Crippen LogP contribution is -2.36. The van der Waals surface area contributed by atoms with Crippen molar-refractivity contribution in [2.75, 3.05) is 31.6 Å². The lowest BCUT2D eigenvalue weighted by atomic mass is 9.89. The van der Waals surface area contributed by atoms with Crippen molar-refractivity contribution in [1.82, 2.24) is 4.90 Å². The number of aryl methyl sites for hydroxylation is 1. The summed E-state index contributed by atoms with van der Waals surface area (Å²) in [6.45, 7) is 1.48. The maximum Gasteiger partial charge on any atom is 0.453 e. The summed E-state index contributed by atoms with van der Waals surface area (Å²) < 4.78 is 86.8. The van der Waals surface area contributed by atoms with Gasteiger partial charge in [0.25, 0.3) is 0 Å². The fraction of sp³-hybridized carbons (Fsp3) is 0.562. The molecule has 2 aromatic carbocycles. The van der Waals surface area contributed by atoms with Crippen LogP contribution in [0.1, 0.15) is 80.9 Å². The van der Waals surface area contributed by atoms with Crippen molar-refractivity contribution in [2.24, 2.45) is 0 Å². The normalized spacial score (nSPS) is 14.7. The Labute approximate surface area is 251 Å². The Morgan fingerprint density at radius 3 is 2.19 bits per heavy atom. The van der Waals surface area contributed by atoms with E-state index >= 15 is 0 Å². The van der Waals surface area contributed by atoms with Crippen LogP contribution in [-0.2, 0) is 16.3 Å². The van der Waals surface area contributed by atoms with E-state index in [1.54, 1.807) is 18.2 Å². The molecular weight excluding hydrogens is 589 g/mol. The zero-order valence-electron chi connectivity index (χ0n) is 24.6. The van der Waals surface area contributed by atoms with Crippen LogP contribution in [0.5, 0.6) is 11.5 Å². The van der Waals surface area contributed by atoms with Gasteiger partial charge >= 0.3 is 12.1 Å². The minimum absolute atomic E-state index is 0.228. The molecule has 1 aliphatic rings. The van der Waals surface area contributed by atoms with Crippen LogP contribution < -0.4 is 0 Å². The number of phenolic OH excluding ortho intramolecular Hbond substituents is 2. The van der Waals surface area contributed by atoms with Gasteiger partial charge < -0.3 is 15.1 Å². The number of rotatable bonds is 16. The summed E-state index contributed by atoms with van der Waals surface area (Å²) >= 11 is 0. The van der Waals surface area contributed by atoms with Crippen molar-refractivity contribution in [3.8, 4) is 11.5 Å². The molecule has 2 N–H and O–H groups in total. The van der Waals surface area contributed by atoms with E-state index in [2.05, 4.69) is 4.90 Å². The van der Waals surface area contributed by atoms with E-state index in [9.17, 15) is 40.6 Å². The monoisotopic (exact) mass is 631 g/mol. The van der Waals surface area contributed by atoms with Crippen LogP contribution in [0, 0.1) is 0 Å². The van der Waals surface area contributed by atoms with Gasteiger partial charge in [-0.2, -0.15) is 22.0 Å². The maximum absolute atomic E-state index is 13.0. The van der Waals surface area contributed by atoms with Crippen LogP contribution in [0.15, 0.2) is 42.5 Å². The molecule has 0 saturated heterocycles. The molecule has 0 aliphatic heterocycles. The van der Waals surface area contributed by atoms with Crippen molar-refractivity contribution in [3.63, 3.8) is 0 Å². The summed E-state index contributed by atoms with van der Waals surface area (Å²) in [6.07, 6.45) is -0.575. The van der Waals surface area contributed by atoms with Gasteiger partial charge in [0.1, 0.15) is 21.3 Å². The molecule has 0 bridgehead atoms. The lowest BCUT2D eigenvalue weighted by Gasteiger charge is -2.19. The third kappa shape index (κ3) is 10.8. The number of sulfone groups is 1. The Bertz CT molecular complexity index is 1340. The number of hydrogen-bond donors (Lipinski definition) is 2. The summed E-state index contributed by atoms with van der Waals surface area (Å²) in [4.78, 5) is 2.11. The van der Waals surface area contributed by atoms with E-state index in [1.807, 2.05) is 31.3 Å². The second kappa shape index (κ2) is 15.4. The number of phenols is 2. The quantitative estimate of drug-likeness (QED) is 0.145. The SMILES string of the molecule is CN(CCCCCC1=C(c2cccc(O)c2)CCCc2cc(O)ccc21)CCCCS(=O)(=O)CCCC(F)(F)C(F)(F)F. The van der Waals surface area contributed by atoms with Gasteiger partial charge in [0.2, 0.25) is 0 Å². The van der Waals surface area contributed by atoms with Gasteiger partial charge in [-0.15, -0.1) is 0 Å². The van der Waals surface area contributed by atoms with E-state index in [-0.39, 0.29) is 17.3 Å². The fourth-order valence-corrected chi connectivity index (χ4v) is 7.01. The highest BCUT2D eigenvalue weighted by Gasteiger charge is 2.56. The van der Waals surface area contributed by atoms with Crippen molar-refractivity contribution in [3.05, 3.63) is 59.2 Å². The average molecular weight is 632 g/mol. The standard InChI is InChI=1S/C32H42F5NO4S/c1-38(19-5-6-20-43(41,42)21-9-17-31(33,34)32(35,36)37)18-4-2-3-13-30-28(24-10-7-12-26(39)22-24)14-8-11-25-23-27(40)15-16-29(25)30/h7,10,12,15-16,22-23,39-40H,2-6,8-9,11,13-14,17-21H2,1H3. The number of alkyl halides is 5. The molecular formula is C32H42F5NO4S. The largest absolute Gasteiger partial charge is 0.508 e. The van der Waals surface area contributed by atoms with Gasteiger partial charge in [0.05, 0.1) is 11.5 Å². The number of hydrogen-bond acceptors (Lipinski definition) is 5. The Hall–Kier alpha value is -2.66. The van der Waals surface area contributed by atoms with E-state index in [0.717, 1.165) is 68.2 Å². The molecule has 1 aliphatic carbocycles. The van der Waals surface area contributed by atoms with Crippen LogP contribution in [0.25, 0.3) is 11.1 Å². The van der Waals surface area contributed by atoms with Crippen LogP contribution in [0.3, 0.4) is 0 Å². The molecule has 0 amide bonds. The number of nitrogens with zero attached hydrogens (tertiary/aromatic N) is 1. The zero-order valence-corrected chi connectivity index (χ0v) is 25.4. The first-order valence-electron chi connectivity index (χ1n) is 14.9. The Balaban J connectivity index is 1.43. The molecule has 0 saturated carbocycles. The topological polar surface area (TPSA) is 77.8 Å². The lowest BCUT2D eigenvalue weighted by molar-refractivity contribution is -0.284. The molecule has 0 spiro atoms. The molecule has 0 radical (unpaired) electrons. The average Bonchev–Trinajstić information content (AvgIpc) is 3.09. The zero-order chi connectivity index (χ0) is 31.7. The molecule has 5 nitrogen and oxygen atoms in total. The number of benzene rings is 2. The summed E-state index contributed by atoms with van der Waals surface area (Å²) in [7, 11) is -1.74. The van der Waals surface area contributed by atoms with E-state index in [1.165, 1.54) is 11.1 Å². The maximum atomic E-state index is 13.0.